The summed E-state index contributed by atoms with van der Waals surface area (Å²) in [6, 6.07) is 3.76. The number of aromatic nitrogens is 2. The molecule has 1 aromatic heterocycles. The van der Waals surface area contributed by atoms with Crippen molar-refractivity contribution in [3.8, 4) is 0 Å². The molecule has 0 saturated carbocycles. The molecule has 1 fully saturated rings. The van der Waals surface area contributed by atoms with E-state index in [9.17, 15) is 8.78 Å². The molecule has 0 radical (unpaired) electrons. The van der Waals surface area contributed by atoms with E-state index in [-0.39, 0.29) is 17.6 Å². The first-order chi connectivity index (χ1) is 11.5. The lowest BCUT2D eigenvalue weighted by atomic mass is 10.0. The maximum absolute atomic E-state index is 14.0. The van der Waals surface area contributed by atoms with Crippen molar-refractivity contribution in [2.75, 3.05) is 26.2 Å². The van der Waals surface area contributed by atoms with Gasteiger partial charge in [-0.25, -0.2) is 8.78 Å². The van der Waals surface area contributed by atoms with Gasteiger partial charge in [0.2, 0.25) is 5.89 Å². The van der Waals surface area contributed by atoms with Gasteiger partial charge in [-0.1, -0.05) is 11.2 Å². The molecule has 1 aliphatic heterocycles. The zero-order valence-electron chi connectivity index (χ0n) is 14.2. The number of halogens is 2. The Morgan fingerprint density at radius 3 is 2.04 bits per heavy atom. The van der Waals surface area contributed by atoms with Crippen LogP contribution in [0.5, 0.6) is 0 Å². The fourth-order valence-electron chi connectivity index (χ4n) is 3.24. The molecule has 0 unspecified atom stereocenters. The fourth-order valence-corrected chi connectivity index (χ4v) is 3.24. The van der Waals surface area contributed by atoms with Gasteiger partial charge < -0.3 is 4.52 Å². The zero-order chi connectivity index (χ0) is 17.3. The van der Waals surface area contributed by atoms with Gasteiger partial charge in [0.15, 0.2) is 5.82 Å². The van der Waals surface area contributed by atoms with Gasteiger partial charge in [0.05, 0.1) is 6.04 Å². The number of hydrogen-bond donors (Lipinski definition) is 0. The van der Waals surface area contributed by atoms with Crippen LogP contribution in [0.1, 0.15) is 43.2 Å². The molecular weight excluding hydrogens is 314 g/mol. The minimum Gasteiger partial charge on any atom is -0.338 e. The van der Waals surface area contributed by atoms with Crippen LogP contribution in [0.25, 0.3) is 0 Å². The van der Waals surface area contributed by atoms with Crippen LogP contribution < -0.4 is 0 Å². The highest BCUT2D eigenvalue weighted by molar-refractivity contribution is 5.23. The summed E-state index contributed by atoms with van der Waals surface area (Å²) in [5.74, 6) is 0.257. The number of rotatable bonds is 4. The second kappa shape index (κ2) is 6.94. The predicted molar refractivity (Wildman–Crippen MR) is 85.4 cm³/mol. The van der Waals surface area contributed by atoms with Gasteiger partial charge in [0, 0.05) is 37.8 Å². The number of hydrogen-bond acceptors (Lipinski definition) is 5. The zero-order valence-corrected chi connectivity index (χ0v) is 14.2. The summed E-state index contributed by atoms with van der Waals surface area (Å²) < 4.78 is 33.2. The second-order valence-corrected chi connectivity index (χ2v) is 6.24. The minimum absolute atomic E-state index is 0.0360. The molecule has 24 heavy (non-hydrogen) atoms. The normalized spacial score (nSPS) is 19.4. The van der Waals surface area contributed by atoms with E-state index in [0.29, 0.717) is 11.7 Å². The van der Waals surface area contributed by atoms with Gasteiger partial charge in [-0.2, -0.15) is 4.98 Å². The third kappa shape index (κ3) is 3.32. The van der Waals surface area contributed by atoms with E-state index < -0.39 is 11.6 Å². The van der Waals surface area contributed by atoms with Crippen LogP contribution in [-0.4, -0.2) is 46.1 Å². The van der Waals surface area contributed by atoms with E-state index >= 15 is 0 Å². The molecule has 2 aromatic rings. The molecule has 5 nitrogen and oxygen atoms in total. The number of aryl methyl sites for hydroxylation is 1. The number of nitrogens with zero attached hydrogens (tertiary/aromatic N) is 4. The highest BCUT2D eigenvalue weighted by Gasteiger charge is 2.29. The van der Waals surface area contributed by atoms with Crippen molar-refractivity contribution in [3.05, 3.63) is 47.1 Å². The first-order valence-electron chi connectivity index (χ1n) is 8.19. The number of benzene rings is 1. The van der Waals surface area contributed by atoms with Gasteiger partial charge in [-0.05, 0) is 32.9 Å². The Kier molecular flexibility index (Phi) is 4.91. The van der Waals surface area contributed by atoms with Gasteiger partial charge in [-0.3, -0.25) is 9.80 Å². The van der Waals surface area contributed by atoms with E-state index in [0.717, 1.165) is 26.2 Å². The van der Waals surface area contributed by atoms with Crippen LogP contribution >= 0.6 is 0 Å². The highest BCUT2D eigenvalue weighted by Crippen LogP contribution is 2.28. The van der Waals surface area contributed by atoms with Gasteiger partial charge >= 0.3 is 0 Å². The Hall–Kier alpha value is -1.86. The topological polar surface area (TPSA) is 45.4 Å². The highest BCUT2D eigenvalue weighted by atomic mass is 19.1. The standard InChI is InChI=1S/C17H22F2N4O/c1-11(16-14(18)5-4-6-15(16)19)22-7-9-23(10-8-22)12(2)17-20-13(3)21-24-17/h4-6,11-12H,7-10H2,1-3H3/t11-,12+/m0/s1. The molecule has 0 N–H and O–H groups in total. The summed E-state index contributed by atoms with van der Waals surface area (Å²) in [5.41, 5.74) is 0.145. The average Bonchev–Trinajstić information content (AvgIpc) is 3.00. The quantitative estimate of drug-likeness (QED) is 0.858. The predicted octanol–water partition coefficient (Wildman–Crippen LogP) is 3.10. The third-order valence-corrected chi connectivity index (χ3v) is 4.76. The van der Waals surface area contributed by atoms with E-state index in [2.05, 4.69) is 19.9 Å². The summed E-state index contributed by atoms with van der Waals surface area (Å²) in [6.45, 7) is 8.69. The molecule has 0 spiro atoms. The van der Waals surface area contributed by atoms with Crippen molar-refractivity contribution in [3.63, 3.8) is 0 Å². The average molecular weight is 336 g/mol. The molecular formula is C17H22F2N4O. The van der Waals surface area contributed by atoms with Crippen LogP contribution in [0.4, 0.5) is 8.78 Å². The van der Waals surface area contributed by atoms with E-state index in [1.807, 2.05) is 13.8 Å². The molecule has 0 aliphatic carbocycles. The smallest absolute Gasteiger partial charge is 0.243 e. The summed E-state index contributed by atoms with van der Waals surface area (Å²) in [7, 11) is 0. The van der Waals surface area contributed by atoms with E-state index in [1.165, 1.54) is 18.2 Å². The van der Waals surface area contributed by atoms with E-state index in [1.54, 1.807) is 6.92 Å². The van der Waals surface area contributed by atoms with Crippen LogP contribution in [0.2, 0.25) is 0 Å². The van der Waals surface area contributed by atoms with Crippen molar-refractivity contribution in [2.24, 2.45) is 0 Å². The second-order valence-electron chi connectivity index (χ2n) is 6.24. The fraction of sp³-hybridized carbons (Fsp3) is 0.529. The summed E-state index contributed by atoms with van der Waals surface area (Å²) in [6.07, 6.45) is 0. The molecule has 7 heteroatoms. The van der Waals surface area contributed by atoms with Crippen molar-refractivity contribution in [2.45, 2.75) is 32.9 Å². The lowest BCUT2D eigenvalue weighted by Crippen LogP contribution is -2.48. The Morgan fingerprint density at radius 2 is 1.54 bits per heavy atom. The van der Waals surface area contributed by atoms with Gasteiger partial charge in [0.25, 0.3) is 0 Å². The van der Waals surface area contributed by atoms with Crippen molar-refractivity contribution in [1.29, 1.82) is 0 Å². The van der Waals surface area contributed by atoms with Crippen LogP contribution in [-0.2, 0) is 0 Å². The van der Waals surface area contributed by atoms with Crippen LogP contribution in [0.3, 0.4) is 0 Å². The van der Waals surface area contributed by atoms with Crippen LogP contribution in [0.15, 0.2) is 22.7 Å². The lowest BCUT2D eigenvalue weighted by Gasteiger charge is -2.39. The maximum atomic E-state index is 14.0. The molecule has 130 valence electrons. The molecule has 0 bridgehead atoms. The Labute approximate surface area is 140 Å². The summed E-state index contributed by atoms with van der Waals surface area (Å²) in [5, 5.41) is 3.83. The minimum atomic E-state index is -0.486. The molecule has 1 aromatic carbocycles. The third-order valence-electron chi connectivity index (χ3n) is 4.76. The molecule has 2 atom stereocenters. The Balaban J connectivity index is 1.64. The first-order valence-corrected chi connectivity index (χ1v) is 8.19. The monoisotopic (exact) mass is 336 g/mol. The maximum Gasteiger partial charge on any atom is 0.243 e. The molecule has 3 rings (SSSR count). The van der Waals surface area contributed by atoms with Gasteiger partial charge in [0.1, 0.15) is 11.6 Å². The van der Waals surface area contributed by atoms with Crippen molar-refractivity contribution < 1.29 is 13.3 Å². The Morgan fingerprint density at radius 1 is 1.00 bits per heavy atom. The van der Waals surface area contributed by atoms with Crippen molar-refractivity contribution >= 4 is 0 Å². The molecule has 0 amide bonds. The SMILES string of the molecule is Cc1noc([C@@H](C)N2CCN([C@@H](C)c3c(F)cccc3F)CC2)n1. The lowest BCUT2D eigenvalue weighted by molar-refractivity contribution is 0.0659. The Bertz CT molecular complexity index is 677. The number of piperazine rings is 1. The molecule has 1 saturated heterocycles. The first kappa shape index (κ1) is 17.0. The van der Waals surface area contributed by atoms with Crippen molar-refractivity contribution in [1.82, 2.24) is 19.9 Å². The van der Waals surface area contributed by atoms with Crippen LogP contribution in [0, 0.1) is 18.6 Å². The summed E-state index contributed by atoms with van der Waals surface area (Å²) >= 11 is 0. The molecule has 2 heterocycles. The van der Waals surface area contributed by atoms with E-state index in [4.69, 9.17) is 4.52 Å². The molecule has 1 aliphatic rings. The van der Waals surface area contributed by atoms with Gasteiger partial charge in [-0.15, -0.1) is 0 Å². The summed E-state index contributed by atoms with van der Waals surface area (Å²) in [4.78, 5) is 8.62. The largest absolute Gasteiger partial charge is 0.338 e.